The van der Waals surface area contributed by atoms with Gasteiger partial charge in [-0.05, 0) is 17.7 Å². The van der Waals surface area contributed by atoms with Gasteiger partial charge in [-0.2, -0.15) is 8.42 Å². The molecule has 4 rings (SSSR count). The highest BCUT2D eigenvalue weighted by Crippen LogP contribution is 2.32. The highest BCUT2D eigenvalue weighted by Gasteiger charge is 2.51. The van der Waals surface area contributed by atoms with Crippen molar-refractivity contribution < 1.29 is 97.1 Å². The zero-order valence-electron chi connectivity index (χ0n) is 25.2. The van der Waals surface area contributed by atoms with Crippen LogP contribution in [0.1, 0.15) is 5.56 Å². The molecule has 1 aromatic carbocycles. The SMILES string of the molecule is O=S(=O)(O)O/N=C(/Cc1ccc(O[C@@H]2O[C@H](CO)[C@@H](O[C@@H]3O[C@H](CO)[C@@H](O)[C@H](O)[C@H]3O)[C@H](O)[C@H]2O)cc1)S[C@@H]1O[C@H](CO)[C@@H](O)[C@H](O)[C@H]1O. The van der Waals surface area contributed by atoms with E-state index in [4.69, 9.17) is 28.2 Å². The van der Waals surface area contributed by atoms with Gasteiger partial charge in [0.15, 0.2) is 6.29 Å². The fourth-order valence-corrected chi connectivity index (χ4v) is 6.46. The van der Waals surface area contributed by atoms with Gasteiger partial charge in [0.05, 0.1) is 19.8 Å². The Kier molecular flexibility index (Phi) is 13.9. The minimum atomic E-state index is -5.05. The second-order valence-corrected chi connectivity index (χ2v) is 13.4. The van der Waals surface area contributed by atoms with E-state index in [-0.39, 0.29) is 17.2 Å². The molecule has 12 N–H and O–H groups in total. The van der Waals surface area contributed by atoms with E-state index in [0.29, 0.717) is 17.3 Å². The molecule has 21 nitrogen and oxygen atoms in total. The molecular formula is C26H39NO20S2. The number of rotatable bonds is 12. The predicted molar refractivity (Wildman–Crippen MR) is 159 cm³/mol. The lowest BCUT2D eigenvalue weighted by atomic mass is 9.97. The van der Waals surface area contributed by atoms with Gasteiger partial charge in [0.1, 0.15) is 89.5 Å². The number of thioether (sulfide) groups is 1. The van der Waals surface area contributed by atoms with Crippen LogP contribution in [0.2, 0.25) is 0 Å². The van der Waals surface area contributed by atoms with Crippen molar-refractivity contribution in [2.45, 2.75) is 97.7 Å². The highest BCUT2D eigenvalue weighted by atomic mass is 32.3. The van der Waals surface area contributed by atoms with Crippen LogP contribution in [0.15, 0.2) is 29.4 Å². The molecular weight excluding hydrogens is 710 g/mol. The maximum absolute atomic E-state index is 11.1. The minimum Gasteiger partial charge on any atom is -0.462 e. The summed E-state index contributed by atoms with van der Waals surface area (Å²) >= 11 is 0.568. The van der Waals surface area contributed by atoms with E-state index in [1.807, 2.05) is 0 Å². The fraction of sp³-hybridized carbons (Fsp3) is 0.731. The molecule has 0 bridgehead atoms. The van der Waals surface area contributed by atoms with Crippen LogP contribution >= 0.6 is 11.8 Å². The zero-order valence-corrected chi connectivity index (χ0v) is 26.8. The molecule has 0 unspecified atom stereocenters. The number of aliphatic hydroxyl groups excluding tert-OH is 11. The van der Waals surface area contributed by atoms with Crippen LogP contribution in [0.4, 0.5) is 0 Å². The number of nitrogens with zero attached hydrogens (tertiary/aromatic N) is 1. The van der Waals surface area contributed by atoms with E-state index in [0.717, 1.165) is 0 Å². The minimum absolute atomic E-state index is 0.0549. The summed E-state index contributed by atoms with van der Waals surface area (Å²) in [6.45, 7) is -2.26. The maximum atomic E-state index is 11.1. The van der Waals surface area contributed by atoms with Crippen LogP contribution in [-0.2, 0) is 40.1 Å². The van der Waals surface area contributed by atoms with Crippen LogP contribution in [-0.4, -0.2) is 185 Å². The first kappa shape index (κ1) is 39.9. The summed E-state index contributed by atoms with van der Waals surface area (Å²) in [7, 11) is -5.05. The fourth-order valence-electron chi connectivity index (χ4n) is 5.13. The Balaban J connectivity index is 1.42. The average molecular weight is 750 g/mol. The molecule has 3 saturated heterocycles. The van der Waals surface area contributed by atoms with Crippen LogP contribution in [0.5, 0.6) is 5.75 Å². The van der Waals surface area contributed by atoms with E-state index in [1.54, 1.807) is 0 Å². The Hall–Kier alpha value is -1.85. The van der Waals surface area contributed by atoms with Gasteiger partial charge >= 0.3 is 10.4 Å². The van der Waals surface area contributed by atoms with Gasteiger partial charge < -0.3 is 79.9 Å². The Bertz CT molecular complexity index is 1330. The van der Waals surface area contributed by atoms with E-state index >= 15 is 0 Å². The second kappa shape index (κ2) is 17.1. The third-order valence-electron chi connectivity index (χ3n) is 7.83. The first-order valence-corrected chi connectivity index (χ1v) is 16.9. The summed E-state index contributed by atoms with van der Waals surface area (Å²) in [4.78, 5) is 0. The zero-order chi connectivity index (χ0) is 36.2. The molecule has 3 aliphatic heterocycles. The summed E-state index contributed by atoms with van der Waals surface area (Å²) in [5, 5.41) is 114. The number of hydrogen-bond acceptors (Lipinski definition) is 21. The van der Waals surface area contributed by atoms with Crippen molar-refractivity contribution in [1.82, 2.24) is 0 Å². The predicted octanol–water partition coefficient (Wildman–Crippen LogP) is -6.10. The molecule has 49 heavy (non-hydrogen) atoms. The molecule has 23 heteroatoms. The quantitative estimate of drug-likeness (QED) is 0.0409. The lowest BCUT2D eigenvalue weighted by Gasteiger charge is -2.45. The summed E-state index contributed by atoms with van der Waals surface area (Å²) < 4.78 is 62.8. The van der Waals surface area contributed by atoms with Crippen LogP contribution in [0, 0.1) is 0 Å². The number of ether oxygens (including phenoxy) is 5. The molecule has 0 spiro atoms. The van der Waals surface area contributed by atoms with Crippen molar-refractivity contribution in [3.05, 3.63) is 29.8 Å². The van der Waals surface area contributed by atoms with Gasteiger partial charge in [-0.25, -0.2) is 4.28 Å². The smallest absolute Gasteiger partial charge is 0.462 e. The monoisotopic (exact) mass is 749 g/mol. The first-order chi connectivity index (χ1) is 23.1. The van der Waals surface area contributed by atoms with Crippen LogP contribution < -0.4 is 4.74 Å². The van der Waals surface area contributed by atoms with Gasteiger partial charge in [0.25, 0.3) is 0 Å². The van der Waals surface area contributed by atoms with Crippen molar-refractivity contribution in [3.8, 4) is 5.75 Å². The summed E-state index contributed by atoms with van der Waals surface area (Å²) in [6, 6.07) is 5.60. The topological polar surface area (TPSA) is 345 Å². The summed E-state index contributed by atoms with van der Waals surface area (Å²) in [5.41, 5.74) is -0.972. The first-order valence-electron chi connectivity index (χ1n) is 14.6. The van der Waals surface area contributed by atoms with Gasteiger partial charge in [0, 0.05) is 6.42 Å². The molecule has 0 saturated carbocycles. The summed E-state index contributed by atoms with van der Waals surface area (Å²) in [5.74, 6) is 0.0549. The van der Waals surface area contributed by atoms with Crippen molar-refractivity contribution in [3.63, 3.8) is 0 Å². The van der Waals surface area contributed by atoms with Crippen LogP contribution in [0.3, 0.4) is 0 Å². The van der Waals surface area contributed by atoms with Crippen molar-refractivity contribution >= 4 is 27.2 Å². The standard InChI is InChI=1S/C26H39NO20S2/c28-6-11-15(31)17(33)20(36)25(43-11)46-23-13(8-30)44-24(21(37)19(23)35)42-10-3-1-9(2-4-10)5-14(27-47-49(39,40)41)48-26-22(38)18(34)16(32)12(7-29)45-26/h1-4,11-13,15-26,28-38H,5-8H2,(H,39,40,41)/b27-14-/t11-,12-,13-,15-,16-,17+,18+,19-,20-,21-,22-,23-,24-,25+,26+/m1/s1. The van der Waals surface area contributed by atoms with Crippen molar-refractivity contribution in [1.29, 1.82) is 0 Å². The molecule has 3 fully saturated rings. The number of oxime groups is 1. The van der Waals surface area contributed by atoms with Crippen LogP contribution in [0.25, 0.3) is 0 Å². The summed E-state index contributed by atoms with van der Waals surface area (Å²) in [6.07, 6.45) is -23.1. The van der Waals surface area contributed by atoms with E-state index in [1.165, 1.54) is 24.3 Å². The molecule has 0 radical (unpaired) electrons. The van der Waals surface area contributed by atoms with Gasteiger partial charge in [-0.3, -0.25) is 4.55 Å². The Morgan fingerprint density at radius 2 is 1.22 bits per heavy atom. The maximum Gasteiger partial charge on any atom is 0.466 e. The van der Waals surface area contributed by atoms with E-state index < -0.39 is 121 Å². The molecule has 1 aromatic rings. The van der Waals surface area contributed by atoms with E-state index in [9.17, 15) is 64.6 Å². The Morgan fingerprint density at radius 3 is 1.80 bits per heavy atom. The molecule has 0 aliphatic carbocycles. The molecule has 0 aromatic heterocycles. The van der Waals surface area contributed by atoms with Gasteiger partial charge in [-0.15, -0.1) is 0 Å². The number of benzene rings is 1. The second-order valence-electron chi connectivity index (χ2n) is 11.2. The van der Waals surface area contributed by atoms with Crippen molar-refractivity contribution in [2.75, 3.05) is 19.8 Å². The normalized spacial score (nSPS) is 40.6. The van der Waals surface area contributed by atoms with Crippen molar-refractivity contribution in [2.24, 2.45) is 5.16 Å². The number of aliphatic hydroxyl groups is 11. The molecule has 0 amide bonds. The van der Waals surface area contributed by atoms with Gasteiger partial charge in [0.2, 0.25) is 6.29 Å². The van der Waals surface area contributed by atoms with Gasteiger partial charge in [-0.1, -0.05) is 29.1 Å². The number of hydrogen-bond donors (Lipinski definition) is 12. The molecule has 3 heterocycles. The Labute approximate surface area is 282 Å². The molecule has 3 aliphatic rings. The lowest BCUT2D eigenvalue weighted by Crippen LogP contribution is -2.65. The average Bonchev–Trinajstić information content (AvgIpc) is 3.07. The molecule has 280 valence electrons. The third kappa shape index (κ3) is 9.73. The largest absolute Gasteiger partial charge is 0.466 e. The highest BCUT2D eigenvalue weighted by molar-refractivity contribution is 8.14. The lowest BCUT2D eigenvalue weighted by molar-refractivity contribution is -0.352. The van der Waals surface area contributed by atoms with E-state index in [2.05, 4.69) is 9.44 Å². The Morgan fingerprint density at radius 1 is 0.694 bits per heavy atom. The third-order valence-corrected chi connectivity index (χ3v) is 9.20. The molecule has 15 atom stereocenters.